The summed E-state index contributed by atoms with van der Waals surface area (Å²) in [7, 11) is 1.70. The highest BCUT2D eigenvalue weighted by molar-refractivity contribution is 7.99. The van der Waals surface area contributed by atoms with E-state index in [9.17, 15) is 9.59 Å². The maximum atomic E-state index is 12.5. The van der Waals surface area contributed by atoms with Crippen molar-refractivity contribution in [2.45, 2.75) is 68.2 Å². The van der Waals surface area contributed by atoms with Gasteiger partial charge in [-0.05, 0) is 48.8 Å². The van der Waals surface area contributed by atoms with E-state index in [1.165, 1.54) is 4.90 Å². The highest BCUT2D eigenvalue weighted by Gasteiger charge is 2.40. The Kier molecular flexibility index (Phi) is 7.41. The van der Waals surface area contributed by atoms with E-state index >= 15 is 0 Å². The average molecular weight is 405 g/mol. The summed E-state index contributed by atoms with van der Waals surface area (Å²) in [6.07, 6.45) is 3.75. The van der Waals surface area contributed by atoms with Crippen molar-refractivity contribution in [2.75, 3.05) is 13.7 Å². The highest BCUT2D eigenvalue weighted by atomic mass is 32.2. The monoisotopic (exact) mass is 404 g/mol. The van der Waals surface area contributed by atoms with E-state index in [2.05, 4.69) is 36.6 Å². The highest BCUT2D eigenvalue weighted by Crippen LogP contribution is 2.35. The van der Waals surface area contributed by atoms with Gasteiger partial charge in [0.15, 0.2) is 0 Å². The molecule has 2 fully saturated rings. The third-order valence-electron chi connectivity index (χ3n) is 5.71. The Balaban J connectivity index is 1.50. The van der Waals surface area contributed by atoms with E-state index in [1.54, 1.807) is 7.11 Å². The van der Waals surface area contributed by atoms with Crippen LogP contribution in [-0.2, 0) is 20.7 Å². The molecule has 0 spiro atoms. The molecule has 4 atom stereocenters. The summed E-state index contributed by atoms with van der Waals surface area (Å²) in [5.41, 5.74) is 1.03. The normalized spacial score (nSPS) is 27.2. The Bertz CT molecular complexity index is 677. The Labute approximate surface area is 172 Å². The number of methoxy groups -OCH3 is 1. The first kappa shape index (κ1) is 21.2. The van der Waals surface area contributed by atoms with Gasteiger partial charge in [-0.3, -0.25) is 9.59 Å². The van der Waals surface area contributed by atoms with Gasteiger partial charge in [0.05, 0.1) is 6.42 Å². The molecule has 0 radical (unpaired) electrons. The molecule has 1 aromatic rings. The molecule has 1 saturated heterocycles. The molecular weight excluding hydrogens is 372 g/mol. The third kappa shape index (κ3) is 5.74. The van der Waals surface area contributed by atoms with Crippen LogP contribution in [-0.4, -0.2) is 42.9 Å². The predicted molar refractivity (Wildman–Crippen MR) is 112 cm³/mol. The zero-order valence-corrected chi connectivity index (χ0v) is 17.9. The van der Waals surface area contributed by atoms with Crippen LogP contribution in [0, 0.1) is 11.8 Å². The Morgan fingerprint density at radius 2 is 2.04 bits per heavy atom. The number of carbonyl (C=O) groups is 2. The molecule has 1 saturated carbocycles. The van der Waals surface area contributed by atoms with E-state index < -0.39 is 0 Å². The largest absolute Gasteiger partial charge is 0.384 e. The molecule has 1 aliphatic heterocycles. The van der Waals surface area contributed by atoms with Crippen LogP contribution in [0.25, 0.3) is 0 Å². The number of piperidine rings is 1. The minimum Gasteiger partial charge on any atom is -0.384 e. The van der Waals surface area contributed by atoms with Gasteiger partial charge in [-0.2, -0.15) is 0 Å². The van der Waals surface area contributed by atoms with E-state index in [0.29, 0.717) is 36.5 Å². The molecule has 1 aliphatic carbocycles. The van der Waals surface area contributed by atoms with Crippen LogP contribution in [0.4, 0.5) is 0 Å². The summed E-state index contributed by atoms with van der Waals surface area (Å²) in [5, 5.41) is 6.86. The number of hydrogen-bond acceptors (Lipinski definition) is 4. The first-order valence-electron chi connectivity index (χ1n) is 10.3. The predicted octanol–water partition coefficient (Wildman–Crippen LogP) is 3.17. The van der Waals surface area contributed by atoms with Gasteiger partial charge in [-0.25, -0.2) is 0 Å². The van der Waals surface area contributed by atoms with Crippen molar-refractivity contribution in [1.82, 2.24) is 10.6 Å². The molecule has 154 valence electrons. The van der Waals surface area contributed by atoms with Crippen molar-refractivity contribution in [3.05, 3.63) is 29.8 Å². The second-order valence-electron chi connectivity index (χ2n) is 8.32. The molecule has 2 amide bonds. The quantitative estimate of drug-likeness (QED) is 0.685. The van der Waals surface area contributed by atoms with Crippen LogP contribution in [0.5, 0.6) is 0 Å². The van der Waals surface area contributed by atoms with Crippen LogP contribution in [0.1, 0.15) is 45.1 Å². The molecule has 0 bridgehead atoms. The minimum atomic E-state index is 0.0586. The molecule has 6 heteroatoms. The molecule has 3 rings (SSSR count). The fourth-order valence-corrected chi connectivity index (χ4v) is 5.37. The van der Waals surface area contributed by atoms with Crippen LogP contribution in [0.2, 0.25) is 0 Å². The van der Waals surface area contributed by atoms with Crippen molar-refractivity contribution >= 4 is 23.6 Å². The van der Waals surface area contributed by atoms with E-state index in [-0.39, 0.29) is 23.9 Å². The number of hydrogen-bond donors (Lipinski definition) is 2. The van der Waals surface area contributed by atoms with Gasteiger partial charge >= 0.3 is 0 Å². The summed E-state index contributed by atoms with van der Waals surface area (Å²) >= 11 is 1.82. The van der Waals surface area contributed by atoms with Crippen LogP contribution >= 0.6 is 11.8 Å². The lowest BCUT2D eigenvalue weighted by atomic mass is 9.71. The fourth-order valence-electron chi connectivity index (χ4n) is 4.53. The summed E-state index contributed by atoms with van der Waals surface area (Å²) in [6.45, 7) is 4.98. The van der Waals surface area contributed by atoms with Gasteiger partial charge in [0.2, 0.25) is 11.8 Å². The maximum absolute atomic E-state index is 12.5. The Morgan fingerprint density at radius 1 is 1.29 bits per heavy atom. The zero-order valence-electron chi connectivity index (χ0n) is 17.1. The van der Waals surface area contributed by atoms with Crippen molar-refractivity contribution in [3.8, 4) is 0 Å². The molecule has 1 aromatic carbocycles. The number of nitrogens with one attached hydrogen (secondary N) is 2. The summed E-state index contributed by atoms with van der Waals surface area (Å²) in [6, 6.07) is 8.53. The van der Waals surface area contributed by atoms with Gasteiger partial charge in [0.25, 0.3) is 0 Å². The van der Waals surface area contributed by atoms with Crippen LogP contribution in [0.3, 0.4) is 0 Å². The standard InChI is InChI=1S/C22H32N2O3S/c1-14(2)28-18-7-4-15(5-8-18)10-21(25)23-17-6-9-19-16(13-27-3)11-22(26)24-20(19)12-17/h4-5,7-8,14,16-17,19-20H,6,9-13H2,1-3H3,(H,23,25)(H,24,26). The zero-order chi connectivity index (χ0) is 20.1. The van der Waals surface area contributed by atoms with Crippen molar-refractivity contribution in [1.29, 1.82) is 0 Å². The molecule has 4 unspecified atom stereocenters. The van der Waals surface area contributed by atoms with E-state index in [0.717, 1.165) is 24.8 Å². The lowest BCUT2D eigenvalue weighted by Crippen LogP contribution is -2.56. The lowest BCUT2D eigenvalue weighted by Gasteiger charge is -2.43. The average Bonchev–Trinajstić information content (AvgIpc) is 2.62. The lowest BCUT2D eigenvalue weighted by molar-refractivity contribution is -0.128. The Hall–Kier alpha value is -1.53. The number of carbonyl (C=O) groups excluding carboxylic acids is 2. The summed E-state index contributed by atoms with van der Waals surface area (Å²) in [4.78, 5) is 25.8. The molecule has 5 nitrogen and oxygen atoms in total. The van der Waals surface area contributed by atoms with E-state index in [1.807, 2.05) is 23.9 Å². The Morgan fingerprint density at radius 3 is 2.71 bits per heavy atom. The second kappa shape index (κ2) is 9.79. The number of ether oxygens (including phenoxy) is 1. The van der Waals surface area contributed by atoms with Gasteiger partial charge in [-0.15, -0.1) is 11.8 Å². The van der Waals surface area contributed by atoms with Crippen LogP contribution < -0.4 is 10.6 Å². The SMILES string of the molecule is COCC1CC(=O)NC2CC(NC(=O)Cc3ccc(SC(C)C)cc3)CCC12. The molecule has 0 aromatic heterocycles. The topological polar surface area (TPSA) is 67.4 Å². The number of thioether (sulfide) groups is 1. The van der Waals surface area contributed by atoms with Crippen molar-refractivity contribution in [3.63, 3.8) is 0 Å². The number of amides is 2. The van der Waals surface area contributed by atoms with E-state index in [4.69, 9.17) is 4.74 Å². The minimum absolute atomic E-state index is 0.0586. The maximum Gasteiger partial charge on any atom is 0.224 e. The number of benzene rings is 1. The van der Waals surface area contributed by atoms with Gasteiger partial charge in [0, 0.05) is 42.4 Å². The second-order valence-corrected chi connectivity index (χ2v) is 9.97. The summed E-state index contributed by atoms with van der Waals surface area (Å²) < 4.78 is 5.31. The summed E-state index contributed by atoms with van der Waals surface area (Å²) in [5.74, 6) is 0.914. The number of fused-ring (bicyclic) bond motifs is 1. The molecule has 28 heavy (non-hydrogen) atoms. The van der Waals surface area contributed by atoms with Gasteiger partial charge < -0.3 is 15.4 Å². The number of rotatable bonds is 7. The molecule has 2 aliphatic rings. The smallest absolute Gasteiger partial charge is 0.224 e. The molecular formula is C22H32N2O3S. The molecule has 1 heterocycles. The van der Waals surface area contributed by atoms with Crippen molar-refractivity contribution in [2.24, 2.45) is 11.8 Å². The molecule has 2 N–H and O–H groups in total. The first-order chi connectivity index (χ1) is 13.4. The van der Waals surface area contributed by atoms with Gasteiger partial charge in [-0.1, -0.05) is 26.0 Å². The van der Waals surface area contributed by atoms with Gasteiger partial charge in [0.1, 0.15) is 0 Å². The van der Waals surface area contributed by atoms with Crippen molar-refractivity contribution < 1.29 is 14.3 Å². The fraction of sp³-hybridized carbons (Fsp3) is 0.636. The first-order valence-corrected chi connectivity index (χ1v) is 11.2. The van der Waals surface area contributed by atoms with Crippen LogP contribution in [0.15, 0.2) is 29.2 Å². The third-order valence-corrected chi connectivity index (χ3v) is 6.72.